The molecule has 1 N–H and O–H groups in total. The highest BCUT2D eigenvalue weighted by Gasteiger charge is 2.10. The summed E-state index contributed by atoms with van der Waals surface area (Å²) in [5, 5.41) is 2.52. The van der Waals surface area contributed by atoms with Crippen LogP contribution in [0.3, 0.4) is 0 Å². The molecule has 0 spiro atoms. The minimum Gasteiger partial charge on any atom is -0.490 e. The molecule has 0 fully saturated rings. The van der Waals surface area contributed by atoms with Crippen LogP contribution in [-0.4, -0.2) is 22.1 Å². The van der Waals surface area contributed by atoms with E-state index in [4.69, 9.17) is 4.74 Å². The third-order valence-corrected chi connectivity index (χ3v) is 2.67. The Morgan fingerprint density at radius 1 is 1.53 bits per heavy atom. The van der Waals surface area contributed by atoms with E-state index >= 15 is 0 Å². The van der Waals surface area contributed by atoms with Gasteiger partial charge in [0.1, 0.15) is 0 Å². The van der Waals surface area contributed by atoms with Gasteiger partial charge in [0.2, 0.25) is 5.75 Å². The van der Waals surface area contributed by atoms with Crippen LogP contribution in [0, 0.1) is 6.92 Å². The van der Waals surface area contributed by atoms with Gasteiger partial charge in [-0.25, -0.2) is 9.97 Å². The Bertz CT molecular complexity index is 519. The van der Waals surface area contributed by atoms with Crippen molar-refractivity contribution in [3.63, 3.8) is 0 Å². The Morgan fingerprint density at radius 3 is 2.87 bits per heavy atom. The average molecular weight is 223 g/mol. The summed E-state index contributed by atoms with van der Waals surface area (Å²) >= 11 is 1.42. The molecule has 0 saturated carbocycles. The van der Waals surface area contributed by atoms with Crippen LogP contribution in [0.4, 0.5) is 0 Å². The highest BCUT2D eigenvalue weighted by molar-refractivity contribution is 7.12. The van der Waals surface area contributed by atoms with Crippen LogP contribution in [0.2, 0.25) is 0 Å². The zero-order valence-corrected chi connectivity index (χ0v) is 9.09. The van der Waals surface area contributed by atoms with Crippen molar-refractivity contribution in [1.82, 2.24) is 15.0 Å². The van der Waals surface area contributed by atoms with Gasteiger partial charge in [0.05, 0.1) is 12.8 Å². The summed E-state index contributed by atoms with van der Waals surface area (Å²) < 4.78 is 4.92. The number of nitrogens with zero attached hydrogens (tertiary/aromatic N) is 2. The molecule has 0 bridgehead atoms. The first kappa shape index (κ1) is 9.85. The maximum absolute atomic E-state index is 11.5. The molecule has 0 saturated heterocycles. The third kappa shape index (κ3) is 1.75. The number of ether oxygens (including phenoxy) is 1. The summed E-state index contributed by atoms with van der Waals surface area (Å²) in [6.45, 7) is 1.73. The number of aromatic amines is 1. The Balaban J connectivity index is 2.58. The van der Waals surface area contributed by atoms with E-state index in [1.54, 1.807) is 13.1 Å². The third-order valence-electron chi connectivity index (χ3n) is 1.89. The molecule has 78 valence electrons. The lowest BCUT2D eigenvalue weighted by atomic mass is 10.4. The molecule has 2 aromatic heterocycles. The standard InChI is InChI=1S/C9H9N3O2S/c1-5-6(14-2)8(13)12-7(11-5)9-10-3-4-15-9/h3-4H,1-2H3,(H,11,12,13). The number of H-pyrrole nitrogens is 1. The molecule has 0 atom stereocenters. The van der Waals surface area contributed by atoms with E-state index in [0.717, 1.165) is 0 Å². The lowest BCUT2D eigenvalue weighted by Crippen LogP contribution is -2.13. The number of rotatable bonds is 2. The predicted octanol–water partition coefficient (Wildman–Crippen LogP) is 1.21. The summed E-state index contributed by atoms with van der Waals surface area (Å²) in [4.78, 5) is 22.5. The SMILES string of the molecule is COc1c(C)nc(-c2nccs2)[nH]c1=O. The number of aryl methyl sites for hydroxylation is 1. The smallest absolute Gasteiger partial charge is 0.293 e. The molecular weight excluding hydrogens is 214 g/mol. The average Bonchev–Trinajstić information content (AvgIpc) is 2.69. The lowest BCUT2D eigenvalue weighted by Gasteiger charge is -2.03. The molecule has 0 unspecified atom stereocenters. The van der Waals surface area contributed by atoms with Crippen LogP contribution in [0.5, 0.6) is 5.75 Å². The van der Waals surface area contributed by atoms with E-state index in [2.05, 4.69) is 15.0 Å². The molecule has 2 aromatic rings. The summed E-state index contributed by atoms with van der Waals surface area (Å²) in [6, 6.07) is 0. The Labute approximate surface area is 89.8 Å². The van der Waals surface area contributed by atoms with Gasteiger partial charge in [-0.2, -0.15) is 0 Å². The lowest BCUT2D eigenvalue weighted by molar-refractivity contribution is 0.402. The summed E-state index contributed by atoms with van der Waals surface area (Å²) in [6.07, 6.45) is 1.67. The van der Waals surface area contributed by atoms with Crippen molar-refractivity contribution in [2.45, 2.75) is 6.92 Å². The molecular formula is C9H9N3O2S. The number of methoxy groups -OCH3 is 1. The van der Waals surface area contributed by atoms with Gasteiger partial charge in [-0.1, -0.05) is 0 Å². The topological polar surface area (TPSA) is 67.9 Å². The molecule has 5 nitrogen and oxygen atoms in total. The van der Waals surface area contributed by atoms with E-state index in [-0.39, 0.29) is 11.3 Å². The molecule has 15 heavy (non-hydrogen) atoms. The predicted molar refractivity (Wildman–Crippen MR) is 57.3 cm³/mol. The zero-order valence-electron chi connectivity index (χ0n) is 8.27. The molecule has 2 heterocycles. The first-order chi connectivity index (χ1) is 7.22. The van der Waals surface area contributed by atoms with Gasteiger partial charge < -0.3 is 9.72 Å². The number of hydrogen-bond acceptors (Lipinski definition) is 5. The fraction of sp³-hybridized carbons (Fsp3) is 0.222. The Hall–Kier alpha value is -1.69. The van der Waals surface area contributed by atoms with E-state index in [1.807, 2.05) is 5.38 Å². The molecule has 0 radical (unpaired) electrons. The monoisotopic (exact) mass is 223 g/mol. The minimum atomic E-state index is -0.282. The summed E-state index contributed by atoms with van der Waals surface area (Å²) in [5.74, 6) is 0.726. The maximum atomic E-state index is 11.5. The van der Waals surface area contributed by atoms with Gasteiger partial charge in [-0.15, -0.1) is 11.3 Å². The highest BCUT2D eigenvalue weighted by atomic mass is 32.1. The van der Waals surface area contributed by atoms with Crippen LogP contribution in [0.15, 0.2) is 16.4 Å². The Morgan fingerprint density at radius 2 is 2.33 bits per heavy atom. The van der Waals surface area contributed by atoms with Crippen molar-refractivity contribution in [3.05, 3.63) is 27.6 Å². The highest BCUT2D eigenvalue weighted by Crippen LogP contribution is 2.18. The van der Waals surface area contributed by atoms with Gasteiger partial charge in [0.15, 0.2) is 10.8 Å². The molecule has 0 aliphatic heterocycles. The normalized spacial score (nSPS) is 10.3. The van der Waals surface area contributed by atoms with Gasteiger partial charge in [0.25, 0.3) is 5.56 Å². The van der Waals surface area contributed by atoms with Crippen LogP contribution in [0.25, 0.3) is 10.8 Å². The van der Waals surface area contributed by atoms with Crippen molar-refractivity contribution in [1.29, 1.82) is 0 Å². The van der Waals surface area contributed by atoms with Crippen LogP contribution < -0.4 is 10.3 Å². The second-order valence-electron chi connectivity index (χ2n) is 2.87. The fourth-order valence-electron chi connectivity index (χ4n) is 1.26. The number of aromatic nitrogens is 3. The van der Waals surface area contributed by atoms with Crippen molar-refractivity contribution in [2.24, 2.45) is 0 Å². The van der Waals surface area contributed by atoms with Crippen molar-refractivity contribution < 1.29 is 4.74 Å². The fourth-order valence-corrected chi connectivity index (χ4v) is 1.84. The summed E-state index contributed by atoms with van der Waals surface area (Å²) in [5.41, 5.74) is 0.279. The molecule has 0 aliphatic rings. The number of hydrogen-bond donors (Lipinski definition) is 1. The molecule has 0 amide bonds. The second-order valence-corrected chi connectivity index (χ2v) is 3.77. The van der Waals surface area contributed by atoms with Crippen molar-refractivity contribution in [3.8, 4) is 16.6 Å². The zero-order chi connectivity index (χ0) is 10.8. The van der Waals surface area contributed by atoms with Gasteiger partial charge in [0, 0.05) is 11.6 Å². The second kappa shape index (κ2) is 3.82. The van der Waals surface area contributed by atoms with Crippen LogP contribution in [0.1, 0.15) is 5.69 Å². The van der Waals surface area contributed by atoms with Crippen LogP contribution in [-0.2, 0) is 0 Å². The Kier molecular flexibility index (Phi) is 2.51. The molecule has 6 heteroatoms. The van der Waals surface area contributed by atoms with Gasteiger partial charge in [-0.05, 0) is 6.92 Å². The quantitative estimate of drug-likeness (QED) is 0.831. The van der Waals surface area contributed by atoms with E-state index in [9.17, 15) is 4.79 Å². The van der Waals surface area contributed by atoms with E-state index in [0.29, 0.717) is 16.5 Å². The molecule has 0 aromatic carbocycles. The number of nitrogens with one attached hydrogen (secondary N) is 1. The molecule has 0 aliphatic carbocycles. The van der Waals surface area contributed by atoms with Crippen LogP contribution >= 0.6 is 11.3 Å². The van der Waals surface area contributed by atoms with Gasteiger partial charge in [-0.3, -0.25) is 4.79 Å². The maximum Gasteiger partial charge on any atom is 0.293 e. The summed E-state index contributed by atoms with van der Waals surface area (Å²) in [7, 11) is 1.45. The van der Waals surface area contributed by atoms with Crippen molar-refractivity contribution in [2.75, 3.05) is 7.11 Å². The van der Waals surface area contributed by atoms with E-state index < -0.39 is 0 Å². The van der Waals surface area contributed by atoms with Crippen molar-refractivity contribution >= 4 is 11.3 Å². The van der Waals surface area contributed by atoms with Gasteiger partial charge >= 0.3 is 0 Å². The molecule has 2 rings (SSSR count). The largest absolute Gasteiger partial charge is 0.490 e. The first-order valence-electron chi connectivity index (χ1n) is 4.27. The number of thiazole rings is 1. The minimum absolute atomic E-state index is 0.246. The van der Waals surface area contributed by atoms with E-state index in [1.165, 1.54) is 18.4 Å². The first-order valence-corrected chi connectivity index (χ1v) is 5.15.